The van der Waals surface area contributed by atoms with Gasteiger partial charge in [0.15, 0.2) is 6.73 Å². The largest absolute Gasteiger partial charge is 0.508 e. The molecule has 10 atom stereocenters. The molecule has 0 bridgehead atoms. The maximum Gasteiger partial charge on any atom is 0.426 e. The maximum absolute atomic E-state index is 14.5. The van der Waals surface area contributed by atoms with Crippen LogP contribution in [-0.2, 0) is 81.6 Å². The molecule has 0 aliphatic carbocycles. The van der Waals surface area contributed by atoms with Gasteiger partial charge < -0.3 is 87.8 Å². The molecule has 36 nitrogen and oxygen atoms in total. The summed E-state index contributed by atoms with van der Waals surface area (Å²) in [6.45, 7) is 13.0. The van der Waals surface area contributed by atoms with Crippen LogP contribution in [0.3, 0.4) is 0 Å². The third-order valence-corrected chi connectivity index (χ3v) is 21.4. The number of hydrazine groups is 1. The summed E-state index contributed by atoms with van der Waals surface area (Å²) in [4.78, 5) is 199. The van der Waals surface area contributed by atoms with Crippen LogP contribution in [0.15, 0.2) is 47.8 Å². The highest BCUT2D eigenvalue weighted by atomic mass is 33.1. The summed E-state index contributed by atoms with van der Waals surface area (Å²) in [5, 5.41) is 72.8. The predicted molar refractivity (Wildman–Crippen MR) is 414 cm³/mol. The smallest absolute Gasteiger partial charge is 0.426 e. The predicted octanol–water partition coefficient (Wildman–Crippen LogP) is 4.31. The molecule has 1 aromatic heterocycles. The second kappa shape index (κ2) is 50.1. The van der Waals surface area contributed by atoms with E-state index in [0.29, 0.717) is 71.5 Å². The van der Waals surface area contributed by atoms with Gasteiger partial charge in [-0.3, -0.25) is 58.3 Å². The number of nitrogens with one attached hydrogen (secondary N) is 11. The van der Waals surface area contributed by atoms with E-state index < -0.39 is 132 Å². The first-order valence-electron chi connectivity index (χ1n) is 37.1. The van der Waals surface area contributed by atoms with Crippen LogP contribution >= 0.6 is 32.9 Å². The number of hydrogen-bond acceptors (Lipinski definition) is 23. The van der Waals surface area contributed by atoms with E-state index in [2.05, 4.69) is 63.7 Å². The molecule has 1 unspecified atom stereocenters. The van der Waals surface area contributed by atoms with Gasteiger partial charge >= 0.3 is 48.0 Å². The normalized spacial score (nSPS) is 15.0. The fourth-order valence-corrected chi connectivity index (χ4v) is 14.1. The van der Waals surface area contributed by atoms with Crippen molar-refractivity contribution in [3.05, 3.63) is 80.8 Å². The Balaban J connectivity index is 1.15. The number of rotatable bonds is 49. The molecule has 12 amide bonds. The quantitative estimate of drug-likeness (QED) is 0.0123. The minimum atomic E-state index is -1.55. The number of phenolic OH excluding ortho intramolecular Hbond substituents is 1. The number of carboxylic acids is 4. The first-order chi connectivity index (χ1) is 53.2. The van der Waals surface area contributed by atoms with E-state index in [0.717, 1.165) is 19.4 Å². The Morgan fingerprint density at radius 3 is 2.02 bits per heavy atom. The zero-order chi connectivity index (χ0) is 83.0. The van der Waals surface area contributed by atoms with Gasteiger partial charge in [0.2, 0.25) is 35.4 Å². The highest BCUT2D eigenvalue weighted by molar-refractivity contribution is 8.76. The van der Waals surface area contributed by atoms with Crippen LogP contribution in [0.5, 0.6) is 5.75 Å². The van der Waals surface area contributed by atoms with E-state index in [9.17, 15) is 92.3 Å². The third kappa shape index (κ3) is 35.1. The zero-order valence-corrected chi connectivity index (χ0v) is 66.8. The number of carbonyl (C=O) groups is 15. The lowest BCUT2D eigenvalue weighted by Crippen LogP contribution is -2.58. The summed E-state index contributed by atoms with van der Waals surface area (Å²) >= 11 is 1.24. The van der Waals surface area contributed by atoms with Crippen molar-refractivity contribution < 1.29 is 107 Å². The molecule has 3 aromatic rings. The number of carbonyl (C=O) groups excluding carboxylic acids is 11. The number of esters is 1. The molecule has 0 spiro atoms. The molecule has 1 fully saturated rings. The van der Waals surface area contributed by atoms with Crippen LogP contribution in [0.25, 0.3) is 0 Å². The van der Waals surface area contributed by atoms with Crippen LogP contribution in [0.1, 0.15) is 182 Å². The lowest BCUT2D eigenvalue weighted by Gasteiger charge is -2.36. The van der Waals surface area contributed by atoms with E-state index >= 15 is 0 Å². The van der Waals surface area contributed by atoms with Gasteiger partial charge in [0, 0.05) is 67.9 Å². The first kappa shape index (κ1) is 94.4. The number of thiazole rings is 1. The number of nitrogens with zero attached hydrogens (tertiary/aromatic N) is 3. The average molecular weight is 1630 g/mol. The molecular formula is C73H108N14O22S3. The van der Waals surface area contributed by atoms with Crippen molar-refractivity contribution in [2.45, 2.75) is 218 Å². The van der Waals surface area contributed by atoms with Gasteiger partial charge in [-0.05, 0) is 146 Å². The number of aromatic hydroxyl groups is 1. The highest BCUT2D eigenvalue weighted by Crippen LogP contribution is 2.29. The monoisotopic (exact) mass is 1630 g/mol. The van der Waals surface area contributed by atoms with Crippen molar-refractivity contribution in [1.82, 2.24) is 73.5 Å². The topological polar surface area (TPSA) is 527 Å². The molecule has 620 valence electrons. The number of hydrogen-bond donors (Lipinski definition) is 16. The Bertz CT molecular complexity index is 3670. The van der Waals surface area contributed by atoms with Crippen molar-refractivity contribution in [3.63, 3.8) is 0 Å². The number of aromatic nitrogens is 1. The summed E-state index contributed by atoms with van der Waals surface area (Å²) in [7, 11) is 4.52. The fraction of sp³-hybridized carbons (Fsp3) is 0.589. The van der Waals surface area contributed by atoms with Gasteiger partial charge in [-0.1, -0.05) is 85.5 Å². The number of aliphatic carboxylic acids is 4. The Labute approximate surface area is 661 Å². The number of ether oxygens (including phenoxy) is 2. The number of likely N-dealkylation sites (tertiary alicyclic amines) is 1. The second-order valence-corrected chi connectivity index (χ2v) is 30.8. The van der Waals surface area contributed by atoms with Gasteiger partial charge in [0.25, 0.3) is 5.91 Å². The Morgan fingerprint density at radius 2 is 1.37 bits per heavy atom. The number of phenols is 1. The maximum atomic E-state index is 14.5. The summed E-state index contributed by atoms with van der Waals surface area (Å²) in [5.41, 5.74) is 6.90. The molecule has 1 saturated heterocycles. The van der Waals surface area contributed by atoms with Crippen LogP contribution in [0.2, 0.25) is 0 Å². The van der Waals surface area contributed by atoms with Crippen LogP contribution in [0.4, 0.5) is 14.4 Å². The minimum absolute atomic E-state index is 0.00917. The van der Waals surface area contributed by atoms with Gasteiger partial charge in [-0.2, -0.15) is 0 Å². The fourth-order valence-electron chi connectivity index (χ4n) is 11.6. The second-order valence-electron chi connectivity index (χ2n) is 27.2. The number of amides is 12. The Morgan fingerprint density at radius 1 is 0.688 bits per heavy atom. The number of urea groups is 2. The summed E-state index contributed by atoms with van der Waals surface area (Å²) < 4.78 is 10.8. The molecule has 2 heterocycles. The molecule has 4 rings (SSSR count). The molecule has 0 radical (unpaired) electrons. The average Bonchev–Trinajstić information content (AvgIpc) is 0.858. The molecular weight excluding hydrogens is 1520 g/mol. The summed E-state index contributed by atoms with van der Waals surface area (Å²) in [6.07, 6.45) is 2.54. The van der Waals surface area contributed by atoms with E-state index in [-0.39, 0.29) is 125 Å². The number of piperidine rings is 1. The summed E-state index contributed by atoms with van der Waals surface area (Å²) in [5.74, 6) is -10.5. The highest BCUT2D eigenvalue weighted by Gasteiger charge is 2.37. The van der Waals surface area contributed by atoms with E-state index in [1.807, 2.05) is 39.6 Å². The SMILES string of the molecule is CCCC(=O)OCN(C(=O)[C@@H](NC(=O)[C@H]1CCCCN1C)C(C)CC)[C@@H](C)CCc1nc(C(=O)N[C@@H](C)C[C@@H](C(=O)NNC(=O)OCCSSCCNC(=O)[C@H](C)NC(=O)[C@H](CC(=O)O)NC(=O)Cc2ccc(CNC(=O)NCCCC[C@@H](NC(=O)N[C@H](CCCC(=O)O)C(=O)O)C(=O)O)cc2)c2cc(O)ccc2C)cs1. The minimum Gasteiger partial charge on any atom is -0.508 e. The van der Waals surface area contributed by atoms with Crippen LogP contribution < -0.4 is 58.7 Å². The van der Waals surface area contributed by atoms with Gasteiger partial charge in [-0.25, -0.2) is 34.4 Å². The van der Waals surface area contributed by atoms with Crippen molar-refractivity contribution in [2.24, 2.45) is 5.92 Å². The number of carboxylic acid groups (broad SMARTS) is 4. The van der Waals surface area contributed by atoms with Crippen LogP contribution in [0, 0.1) is 12.8 Å². The van der Waals surface area contributed by atoms with E-state index in [1.165, 1.54) is 56.9 Å². The Kier molecular flexibility index (Phi) is 42.2. The van der Waals surface area contributed by atoms with Gasteiger partial charge in [0.1, 0.15) is 48.3 Å². The molecule has 1 aliphatic rings. The van der Waals surface area contributed by atoms with Gasteiger partial charge in [-0.15, -0.1) is 11.3 Å². The van der Waals surface area contributed by atoms with Crippen molar-refractivity contribution in [1.29, 1.82) is 0 Å². The standard InChI is InChI=1S/C73H108N14O22S3/c1-9-16-61(94)109-41-87(68(100)62(42(3)10-2)83-67(99)56-19-12-14-31-86(56)8)45(6)22-28-58-80-55(40-110-58)66(98)77-44(5)35-51(50-37-49(88)27-21-43(50)4)64(96)84-85-73(107)108-32-34-112-111-33-30-74-63(95)46(7)78-65(97)54(38-60(92)93)79-57(89)36-47-23-25-48(26-24-47)39-76-71(105)75-29-13-11-17-52(69(101)102)81-72(106)82-53(70(103)104)18-15-20-59(90)91/h21,23-27,37,40,42,44-46,51-54,56,62,88H,9-20,22,28-36,38-39,41H2,1-8H3,(H,74,95)(H,77,98)(H,78,97)(H,79,89)(H,83,99)(H,84,96)(H,85,107)(H,90,91)(H,92,93)(H,101,102)(H,103,104)(H2,75,76,105)(H2,81,82,106)/t42?,44-,45-,46-,51+,52+,53+,54-,56+,62-/m0/s1. The molecule has 112 heavy (non-hydrogen) atoms. The first-order valence-corrected chi connectivity index (χ1v) is 40.5. The molecule has 2 aromatic carbocycles. The molecule has 0 saturated carbocycles. The van der Waals surface area contributed by atoms with Crippen molar-refractivity contribution >= 4 is 122 Å². The number of unbranched alkanes of at least 4 members (excludes halogenated alkanes) is 1. The molecule has 39 heteroatoms. The van der Waals surface area contributed by atoms with Crippen molar-refractivity contribution in [2.75, 3.05) is 51.5 Å². The van der Waals surface area contributed by atoms with Gasteiger partial charge in [0.05, 0.1) is 29.8 Å². The van der Waals surface area contributed by atoms with Crippen LogP contribution in [-0.4, -0.2) is 230 Å². The number of likely N-dealkylation sites (N-methyl/N-ethyl adjacent to an activating group) is 1. The molecule has 16 N–H and O–H groups in total. The number of benzene rings is 2. The Hall–Kier alpha value is -10.0. The van der Waals surface area contributed by atoms with E-state index in [4.69, 9.17) is 14.6 Å². The third-order valence-electron chi connectivity index (χ3n) is 18.1. The number of aryl methyl sites for hydroxylation is 2. The molecule has 1 aliphatic heterocycles. The zero-order valence-electron chi connectivity index (χ0n) is 64.3. The van der Waals surface area contributed by atoms with Crippen molar-refractivity contribution in [3.8, 4) is 5.75 Å². The lowest BCUT2D eigenvalue weighted by molar-refractivity contribution is -0.157. The lowest BCUT2D eigenvalue weighted by atomic mass is 9.88. The van der Waals surface area contributed by atoms with E-state index in [1.54, 1.807) is 49.6 Å². The summed E-state index contributed by atoms with van der Waals surface area (Å²) in [6, 6.07) is 1.43.